The normalized spacial score (nSPS) is 24.2. The van der Waals surface area contributed by atoms with Crippen molar-refractivity contribution in [1.82, 2.24) is 9.97 Å². The number of nitrogens with zero attached hydrogens (tertiary/aromatic N) is 3. The predicted octanol–water partition coefficient (Wildman–Crippen LogP) is 9.39. The number of benzene rings is 2. The van der Waals surface area contributed by atoms with Crippen molar-refractivity contribution >= 4 is 5.57 Å². The summed E-state index contributed by atoms with van der Waals surface area (Å²) in [6, 6.07) is 20.9. The van der Waals surface area contributed by atoms with Gasteiger partial charge in [0, 0.05) is 11.0 Å². The van der Waals surface area contributed by atoms with Crippen LogP contribution < -0.4 is 4.57 Å². The van der Waals surface area contributed by atoms with E-state index >= 15 is 0 Å². The SMILES string of the molecule is C[n+]1c(C2=CC(C3=CC4(C)C5=C(C=CCC5)C5=C(CCC=C5)C4CC3)=CCC2)nc(-c2ccccc2)nc1-c1ccccc1. The van der Waals surface area contributed by atoms with Crippen molar-refractivity contribution in [2.75, 3.05) is 0 Å². The van der Waals surface area contributed by atoms with E-state index in [0.717, 1.165) is 54.3 Å². The van der Waals surface area contributed by atoms with Gasteiger partial charge in [-0.1, -0.05) is 101 Å². The van der Waals surface area contributed by atoms with Crippen LogP contribution in [0.5, 0.6) is 0 Å². The van der Waals surface area contributed by atoms with Crippen molar-refractivity contribution in [1.29, 1.82) is 0 Å². The van der Waals surface area contributed by atoms with Crippen LogP contribution in [-0.2, 0) is 7.05 Å². The molecule has 5 aliphatic carbocycles. The molecule has 3 nitrogen and oxygen atoms in total. The van der Waals surface area contributed by atoms with Gasteiger partial charge in [-0.15, -0.1) is 0 Å². The van der Waals surface area contributed by atoms with Crippen LogP contribution in [0.15, 0.2) is 137 Å². The van der Waals surface area contributed by atoms with Crippen molar-refractivity contribution in [3.8, 4) is 22.8 Å². The second kappa shape index (κ2) is 11.0. The average molecular weight is 575 g/mol. The Morgan fingerprint density at radius 3 is 2.23 bits per heavy atom. The van der Waals surface area contributed by atoms with Gasteiger partial charge in [0.15, 0.2) is 0 Å². The Bertz CT molecular complexity index is 1860. The molecular formula is C41H40N3+. The van der Waals surface area contributed by atoms with Gasteiger partial charge in [-0.2, -0.15) is 0 Å². The summed E-state index contributed by atoms with van der Waals surface area (Å²) in [5.74, 6) is 3.34. The first-order valence-corrected chi connectivity index (χ1v) is 16.4. The minimum atomic E-state index is 0.0878. The Kier molecular flexibility index (Phi) is 6.78. The third-order valence-corrected chi connectivity index (χ3v) is 10.5. The highest BCUT2D eigenvalue weighted by molar-refractivity contribution is 5.70. The largest absolute Gasteiger partial charge is 0.308 e. The number of rotatable bonds is 4. The second-order valence-corrected chi connectivity index (χ2v) is 13.1. The lowest BCUT2D eigenvalue weighted by molar-refractivity contribution is -0.668. The molecule has 0 saturated carbocycles. The first kappa shape index (κ1) is 27.2. The Hall–Kier alpha value is -4.37. The van der Waals surface area contributed by atoms with E-state index in [1.54, 1.807) is 16.7 Å². The van der Waals surface area contributed by atoms with Gasteiger partial charge in [-0.3, -0.25) is 0 Å². The summed E-state index contributed by atoms with van der Waals surface area (Å²) >= 11 is 0. The average Bonchev–Trinajstić information content (AvgIpc) is 3.09. The molecule has 0 saturated heterocycles. The highest BCUT2D eigenvalue weighted by Crippen LogP contribution is 2.58. The quantitative estimate of drug-likeness (QED) is 0.291. The van der Waals surface area contributed by atoms with E-state index in [4.69, 9.17) is 9.97 Å². The van der Waals surface area contributed by atoms with Crippen LogP contribution in [0.2, 0.25) is 0 Å². The second-order valence-electron chi connectivity index (χ2n) is 13.1. The molecule has 44 heavy (non-hydrogen) atoms. The summed E-state index contributed by atoms with van der Waals surface area (Å²) in [4.78, 5) is 10.3. The summed E-state index contributed by atoms with van der Waals surface area (Å²) in [5.41, 5.74) is 12.9. The molecule has 2 atom stereocenters. The molecule has 0 fully saturated rings. The van der Waals surface area contributed by atoms with Gasteiger partial charge < -0.3 is 0 Å². The van der Waals surface area contributed by atoms with Crippen LogP contribution in [0.4, 0.5) is 0 Å². The number of aromatic nitrogens is 3. The fourth-order valence-corrected chi connectivity index (χ4v) is 8.41. The van der Waals surface area contributed by atoms with Crippen LogP contribution in [0, 0.1) is 11.3 Å². The fourth-order valence-electron chi connectivity index (χ4n) is 8.41. The zero-order chi connectivity index (χ0) is 29.7. The van der Waals surface area contributed by atoms with Gasteiger partial charge >= 0.3 is 5.82 Å². The minimum Gasteiger partial charge on any atom is -0.229 e. The van der Waals surface area contributed by atoms with Crippen molar-refractivity contribution in [2.45, 2.75) is 58.3 Å². The maximum atomic E-state index is 5.22. The molecule has 1 aromatic heterocycles. The van der Waals surface area contributed by atoms with Gasteiger partial charge in [0.1, 0.15) is 0 Å². The standard InChI is InChI=1S/C41H40N3/c1-41-27-32(24-25-37(41)35-21-10-9-20-33(35)34-22-11-12-23-36(34)41)30-18-13-19-31(26-30)40-43-38(28-14-5-3-6-15-28)42-39(44(40)2)29-16-7-4-8-17-29/h3-9,11,14-18,20,22,26-27,37H,10,12-13,19,21,23-25H2,1-2H3/q+1. The molecule has 2 unspecified atom stereocenters. The Labute approximate surface area is 261 Å². The number of allylic oxidation sites excluding steroid dienone is 14. The van der Waals surface area contributed by atoms with Gasteiger partial charge in [0.05, 0.1) is 18.2 Å². The van der Waals surface area contributed by atoms with Crippen LogP contribution in [0.25, 0.3) is 28.3 Å². The molecule has 0 spiro atoms. The third-order valence-electron chi connectivity index (χ3n) is 10.5. The molecule has 218 valence electrons. The first-order chi connectivity index (χ1) is 21.6. The smallest absolute Gasteiger partial charge is 0.229 e. The molecule has 0 bridgehead atoms. The zero-order valence-corrected chi connectivity index (χ0v) is 25.9. The van der Waals surface area contributed by atoms with Gasteiger partial charge in [-0.05, 0) is 110 Å². The van der Waals surface area contributed by atoms with Gasteiger partial charge in [-0.25, -0.2) is 4.57 Å². The molecule has 8 rings (SSSR count). The predicted molar refractivity (Wildman–Crippen MR) is 179 cm³/mol. The van der Waals surface area contributed by atoms with E-state index in [1.807, 2.05) is 6.07 Å². The van der Waals surface area contributed by atoms with Crippen molar-refractivity contribution in [3.63, 3.8) is 0 Å². The monoisotopic (exact) mass is 574 g/mol. The highest BCUT2D eigenvalue weighted by Gasteiger charge is 2.46. The maximum absolute atomic E-state index is 5.22. The van der Waals surface area contributed by atoms with Crippen LogP contribution in [-0.4, -0.2) is 9.97 Å². The molecule has 0 aliphatic heterocycles. The summed E-state index contributed by atoms with van der Waals surface area (Å²) in [5, 5.41) is 0. The minimum absolute atomic E-state index is 0.0878. The summed E-state index contributed by atoms with van der Waals surface area (Å²) in [6.45, 7) is 2.55. The summed E-state index contributed by atoms with van der Waals surface area (Å²) in [6.07, 6.45) is 26.3. The van der Waals surface area contributed by atoms with E-state index in [2.05, 4.69) is 116 Å². The molecule has 5 aliphatic rings. The molecule has 0 radical (unpaired) electrons. The lowest BCUT2D eigenvalue weighted by atomic mass is 9.55. The van der Waals surface area contributed by atoms with Crippen LogP contribution >= 0.6 is 0 Å². The number of hydrogen-bond donors (Lipinski definition) is 0. The zero-order valence-electron chi connectivity index (χ0n) is 25.9. The molecule has 1 heterocycles. The molecular weight excluding hydrogens is 534 g/mol. The molecule has 3 heteroatoms. The van der Waals surface area contributed by atoms with E-state index in [-0.39, 0.29) is 5.41 Å². The van der Waals surface area contributed by atoms with E-state index in [9.17, 15) is 0 Å². The Morgan fingerprint density at radius 2 is 1.43 bits per heavy atom. The van der Waals surface area contributed by atoms with Crippen LogP contribution in [0.3, 0.4) is 0 Å². The maximum Gasteiger partial charge on any atom is 0.308 e. The molecule has 2 aromatic carbocycles. The van der Waals surface area contributed by atoms with Crippen molar-refractivity contribution in [3.05, 3.63) is 142 Å². The van der Waals surface area contributed by atoms with Crippen LogP contribution in [0.1, 0.15) is 64.1 Å². The van der Waals surface area contributed by atoms with E-state index in [1.165, 1.54) is 48.0 Å². The Balaban J connectivity index is 1.22. The third kappa shape index (κ3) is 4.53. The van der Waals surface area contributed by atoms with Gasteiger partial charge in [0.2, 0.25) is 0 Å². The van der Waals surface area contributed by atoms with Crippen molar-refractivity contribution < 1.29 is 4.57 Å². The van der Waals surface area contributed by atoms with E-state index < -0.39 is 0 Å². The lowest BCUT2D eigenvalue weighted by Crippen LogP contribution is -2.39. The summed E-state index contributed by atoms with van der Waals surface area (Å²) < 4.78 is 2.19. The lowest BCUT2D eigenvalue weighted by Gasteiger charge is -2.49. The van der Waals surface area contributed by atoms with Gasteiger partial charge in [0.25, 0.3) is 11.6 Å². The first-order valence-electron chi connectivity index (χ1n) is 16.4. The number of hydrogen-bond acceptors (Lipinski definition) is 2. The molecule has 0 amide bonds. The Morgan fingerprint density at radius 1 is 0.727 bits per heavy atom. The molecule has 0 N–H and O–H groups in total. The summed E-state index contributed by atoms with van der Waals surface area (Å²) in [7, 11) is 2.12. The van der Waals surface area contributed by atoms with Crippen molar-refractivity contribution in [2.24, 2.45) is 18.4 Å². The fraction of sp³-hybridized carbons (Fsp3) is 0.293. The molecule has 3 aromatic rings. The number of fused-ring (bicyclic) bond motifs is 4. The highest BCUT2D eigenvalue weighted by atomic mass is 15.1. The topological polar surface area (TPSA) is 29.7 Å². The van der Waals surface area contributed by atoms with E-state index in [0.29, 0.717) is 5.92 Å².